The number of benzene rings is 2. The van der Waals surface area contributed by atoms with Gasteiger partial charge in [-0.15, -0.1) is 0 Å². The van der Waals surface area contributed by atoms with E-state index in [1.165, 1.54) is 25.1 Å². The molecule has 0 aliphatic heterocycles. The Morgan fingerprint density at radius 2 is 1.71 bits per heavy atom. The first-order chi connectivity index (χ1) is 11.4. The van der Waals surface area contributed by atoms with Gasteiger partial charge in [0.2, 0.25) is 0 Å². The van der Waals surface area contributed by atoms with Crippen molar-refractivity contribution in [1.82, 2.24) is 5.43 Å². The molecule has 0 fully saturated rings. The molecule has 0 saturated heterocycles. The van der Waals surface area contributed by atoms with E-state index in [9.17, 15) is 18.0 Å². The first kappa shape index (κ1) is 17.8. The maximum atomic E-state index is 12.9. The van der Waals surface area contributed by atoms with Crippen LogP contribution in [-0.2, 0) is 22.3 Å². The van der Waals surface area contributed by atoms with Gasteiger partial charge in [-0.25, -0.2) is 0 Å². The number of hydrazine groups is 1. The van der Waals surface area contributed by atoms with Crippen molar-refractivity contribution in [2.24, 2.45) is 0 Å². The van der Waals surface area contributed by atoms with Gasteiger partial charge in [-0.2, -0.15) is 13.2 Å². The molecule has 24 heavy (non-hydrogen) atoms. The van der Waals surface area contributed by atoms with E-state index >= 15 is 0 Å². The molecule has 128 valence electrons. The van der Waals surface area contributed by atoms with Crippen molar-refractivity contribution in [2.45, 2.75) is 25.8 Å². The van der Waals surface area contributed by atoms with E-state index in [2.05, 4.69) is 10.9 Å². The largest absolute Gasteiger partial charge is 0.418 e. The van der Waals surface area contributed by atoms with E-state index in [1.54, 1.807) is 0 Å². The fourth-order valence-electron chi connectivity index (χ4n) is 1.94. The van der Waals surface area contributed by atoms with Crippen molar-refractivity contribution in [3.05, 3.63) is 65.7 Å². The maximum Gasteiger partial charge on any atom is 0.418 e. The second-order valence-electron chi connectivity index (χ2n) is 5.10. The highest BCUT2D eigenvalue weighted by atomic mass is 19.4. The second-order valence-corrected chi connectivity index (χ2v) is 5.10. The molecular weight excluding hydrogens is 321 g/mol. The molecule has 0 radical (unpaired) electrons. The van der Waals surface area contributed by atoms with Crippen LogP contribution >= 0.6 is 0 Å². The van der Waals surface area contributed by atoms with Gasteiger partial charge in [0.05, 0.1) is 17.9 Å². The van der Waals surface area contributed by atoms with E-state index in [-0.39, 0.29) is 12.3 Å². The Balaban J connectivity index is 1.89. The van der Waals surface area contributed by atoms with Gasteiger partial charge in [0.15, 0.2) is 0 Å². The molecule has 2 rings (SSSR count). The highest BCUT2D eigenvalue weighted by molar-refractivity contribution is 5.81. The minimum Gasteiger partial charge on any atom is -0.364 e. The number of anilines is 1. The predicted molar refractivity (Wildman–Crippen MR) is 83.9 cm³/mol. The zero-order valence-electron chi connectivity index (χ0n) is 12.9. The molecule has 1 unspecified atom stereocenters. The Morgan fingerprint density at radius 1 is 1.08 bits per heavy atom. The lowest BCUT2D eigenvalue weighted by Gasteiger charge is -2.17. The topological polar surface area (TPSA) is 50.4 Å². The molecule has 0 aliphatic carbocycles. The van der Waals surface area contributed by atoms with Crippen LogP contribution in [0.5, 0.6) is 0 Å². The van der Waals surface area contributed by atoms with Gasteiger partial charge in [-0.3, -0.25) is 15.6 Å². The summed E-state index contributed by atoms with van der Waals surface area (Å²) in [5.41, 5.74) is 4.34. The van der Waals surface area contributed by atoms with Crippen LogP contribution in [-0.4, -0.2) is 12.0 Å². The van der Waals surface area contributed by atoms with Crippen molar-refractivity contribution in [2.75, 3.05) is 5.43 Å². The summed E-state index contributed by atoms with van der Waals surface area (Å²) in [4.78, 5) is 11.9. The average molecular weight is 338 g/mol. The number of amides is 1. The van der Waals surface area contributed by atoms with E-state index in [4.69, 9.17) is 4.74 Å². The Hall–Kier alpha value is -2.54. The number of carbonyl (C=O) groups is 1. The van der Waals surface area contributed by atoms with Crippen LogP contribution in [0.15, 0.2) is 54.6 Å². The highest BCUT2D eigenvalue weighted by Gasteiger charge is 2.33. The summed E-state index contributed by atoms with van der Waals surface area (Å²) < 4.78 is 44.0. The van der Waals surface area contributed by atoms with Gasteiger partial charge in [-0.1, -0.05) is 42.5 Å². The normalized spacial score (nSPS) is 12.5. The summed E-state index contributed by atoms with van der Waals surface area (Å²) in [5.74, 6) is -0.567. The van der Waals surface area contributed by atoms with E-state index in [1.807, 2.05) is 30.3 Å². The molecule has 0 heterocycles. The number of hydrogen-bond acceptors (Lipinski definition) is 3. The second kappa shape index (κ2) is 7.83. The third-order valence-corrected chi connectivity index (χ3v) is 3.26. The van der Waals surface area contributed by atoms with Crippen molar-refractivity contribution in [1.29, 1.82) is 0 Å². The van der Waals surface area contributed by atoms with Crippen LogP contribution in [0.4, 0.5) is 18.9 Å². The lowest BCUT2D eigenvalue weighted by atomic mass is 10.2. The highest BCUT2D eigenvalue weighted by Crippen LogP contribution is 2.34. The Labute approximate surface area is 137 Å². The average Bonchev–Trinajstić information content (AvgIpc) is 2.58. The van der Waals surface area contributed by atoms with E-state index < -0.39 is 23.8 Å². The van der Waals surface area contributed by atoms with E-state index in [0.29, 0.717) is 0 Å². The van der Waals surface area contributed by atoms with E-state index in [0.717, 1.165) is 11.6 Å². The Kier molecular flexibility index (Phi) is 5.81. The molecule has 2 N–H and O–H groups in total. The number of halogens is 3. The third kappa shape index (κ3) is 4.99. The van der Waals surface area contributed by atoms with Gasteiger partial charge < -0.3 is 4.74 Å². The van der Waals surface area contributed by atoms with Crippen LogP contribution in [0.3, 0.4) is 0 Å². The number of carbonyl (C=O) groups excluding carboxylic acids is 1. The van der Waals surface area contributed by atoms with Crippen LogP contribution in [0.25, 0.3) is 0 Å². The first-order valence-electron chi connectivity index (χ1n) is 7.25. The van der Waals surface area contributed by atoms with Gasteiger partial charge in [-0.05, 0) is 24.6 Å². The number of ether oxygens (including phenoxy) is 1. The molecule has 1 amide bonds. The number of rotatable bonds is 6. The summed E-state index contributed by atoms with van der Waals surface area (Å²) in [5, 5.41) is 0. The minimum atomic E-state index is -4.51. The van der Waals surface area contributed by atoms with Gasteiger partial charge >= 0.3 is 6.18 Å². The fourth-order valence-corrected chi connectivity index (χ4v) is 1.94. The zero-order chi connectivity index (χ0) is 17.6. The number of nitrogens with one attached hydrogen (secondary N) is 2. The standard InChI is InChI=1S/C17H17F3N2O2/c1-12(24-11-13-7-3-2-4-8-13)16(23)22-21-15-10-6-5-9-14(15)17(18,19)20/h2-10,12,21H,11H2,1H3,(H,22,23). The Bertz CT molecular complexity index is 675. The molecule has 0 aromatic heterocycles. The fraction of sp³-hybridized carbons (Fsp3) is 0.235. The molecule has 2 aromatic rings. The third-order valence-electron chi connectivity index (χ3n) is 3.26. The monoisotopic (exact) mass is 338 g/mol. The molecule has 0 saturated carbocycles. The van der Waals surface area contributed by atoms with Crippen molar-refractivity contribution in [3.8, 4) is 0 Å². The minimum absolute atomic E-state index is 0.228. The Morgan fingerprint density at radius 3 is 2.38 bits per heavy atom. The van der Waals surface area contributed by atoms with Crippen molar-refractivity contribution < 1.29 is 22.7 Å². The van der Waals surface area contributed by atoms with Crippen LogP contribution in [0.1, 0.15) is 18.1 Å². The smallest absolute Gasteiger partial charge is 0.364 e. The maximum absolute atomic E-state index is 12.9. The summed E-state index contributed by atoms with van der Waals surface area (Å²) in [6.07, 6.45) is -5.33. The quantitative estimate of drug-likeness (QED) is 0.789. The van der Waals surface area contributed by atoms with Crippen LogP contribution in [0, 0.1) is 0 Å². The predicted octanol–water partition coefficient (Wildman–Crippen LogP) is 3.75. The number of hydrogen-bond donors (Lipinski definition) is 2. The van der Waals surface area contributed by atoms with Crippen molar-refractivity contribution >= 4 is 11.6 Å². The molecule has 0 bridgehead atoms. The van der Waals surface area contributed by atoms with Crippen LogP contribution < -0.4 is 10.9 Å². The van der Waals surface area contributed by atoms with Crippen LogP contribution in [0.2, 0.25) is 0 Å². The summed E-state index contributed by atoms with van der Waals surface area (Å²) in [6.45, 7) is 1.75. The van der Waals surface area contributed by atoms with Gasteiger partial charge in [0.25, 0.3) is 5.91 Å². The summed E-state index contributed by atoms with van der Waals surface area (Å²) >= 11 is 0. The lowest BCUT2D eigenvalue weighted by molar-refractivity contribution is -0.137. The zero-order valence-corrected chi connectivity index (χ0v) is 12.9. The molecule has 4 nitrogen and oxygen atoms in total. The number of alkyl halides is 3. The first-order valence-corrected chi connectivity index (χ1v) is 7.25. The van der Waals surface area contributed by atoms with Gasteiger partial charge in [0, 0.05) is 0 Å². The number of para-hydroxylation sites is 1. The SMILES string of the molecule is CC(OCc1ccccc1)C(=O)NNc1ccccc1C(F)(F)F. The molecule has 0 aliphatic rings. The summed E-state index contributed by atoms with van der Waals surface area (Å²) in [7, 11) is 0. The molecular formula is C17H17F3N2O2. The molecule has 1 atom stereocenters. The molecule has 2 aromatic carbocycles. The molecule has 7 heteroatoms. The van der Waals surface area contributed by atoms with Gasteiger partial charge in [0.1, 0.15) is 6.10 Å². The summed E-state index contributed by atoms with van der Waals surface area (Å²) in [6, 6.07) is 14.1. The van der Waals surface area contributed by atoms with Crippen molar-refractivity contribution in [3.63, 3.8) is 0 Å². The lowest BCUT2D eigenvalue weighted by Crippen LogP contribution is -2.38. The molecule has 0 spiro atoms.